The van der Waals surface area contributed by atoms with Crippen LogP contribution in [0.15, 0.2) is 58.4 Å². The zero-order valence-electron chi connectivity index (χ0n) is 14.3. The van der Waals surface area contributed by atoms with Gasteiger partial charge >= 0.3 is 10.8 Å². The van der Waals surface area contributed by atoms with Gasteiger partial charge in [-0.3, -0.25) is 14.8 Å². The molecule has 2 aromatic carbocycles. The van der Waals surface area contributed by atoms with Crippen LogP contribution in [0.4, 0.5) is 5.69 Å². The number of thiazole rings is 1. The first-order valence-corrected chi connectivity index (χ1v) is 9.20. The Hall–Kier alpha value is -2.90. The summed E-state index contributed by atoms with van der Waals surface area (Å²) < 4.78 is 1.39. The molecule has 1 heterocycles. The lowest BCUT2D eigenvalue weighted by Crippen LogP contribution is -2.14. The van der Waals surface area contributed by atoms with Crippen molar-refractivity contribution < 1.29 is 9.90 Å². The van der Waals surface area contributed by atoms with E-state index in [4.69, 9.17) is 16.7 Å². The third-order valence-electron chi connectivity index (χ3n) is 3.80. The van der Waals surface area contributed by atoms with Gasteiger partial charge in [-0.2, -0.15) is 5.10 Å². The lowest BCUT2D eigenvalue weighted by Gasteiger charge is -2.05. The van der Waals surface area contributed by atoms with Gasteiger partial charge in [-0.05, 0) is 36.8 Å². The number of hydrogen-bond acceptors (Lipinski definition) is 5. The number of carbonyl (C=O) groups is 1. The number of rotatable bonds is 6. The molecule has 0 radical (unpaired) electrons. The van der Waals surface area contributed by atoms with Gasteiger partial charge in [0.1, 0.15) is 5.15 Å². The van der Waals surface area contributed by atoms with Gasteiger partial charge in [-0.25, -0.2) is 4.79 Å². The van der Waals surface area contributed by atoms with Crippen molar-refractivity contribution >= 4 is 40.8 Å². The Bertz CT molecular complexity index is 1050. The van der Waals surface area contributed by atoms with Crippen LogP contribution in [0, 0.1) is 6.92 Å². The molecule has 0 atom stereocenters. The fraction of sp³-hybridized carbons (Fsp3) is 0.105. The number of aryl methyl sites for hydroxylation is 1. The van der Waals surface area contributed by atoms with Gasteiger partial charge in [0.05, 0.1) is 28.9 Å². The van der Waals surface area contributed by atoms with E-state index in [0.717, 1.165) is 22.6 Å². The van der Waals surface area contributed by atoms with Gasteiger partial charge < -0.3 is 5.11 Å². The molecule has 8 heteroatoms. The zero-order chi connectivity index (χ0) is 19.4. The predicted molar refractivity (Wildman–Crippen MR) is 108 cm³/mol. The average molecular weight is 402 g/mol. The first-order valence-electron chi connectivity index (χ1n) is 8.01. The van der Waals surface area contributed by atoms with Gasteiger partial charge in [-0.15, -0.1) is 0 Å². The van der Waals surface area contributed by atoms with Crippen molar-refractivity contribution in [1.29, 1.82) is 0 Å². The summed E-state index contributed by atoms with van der Waals surface area (Å²) in [4.78, 5) is 23.6. The second kappa shape index (κ2) is 8.20. The van der Waals surface area contributed by atoms with E-state index < -0.39 is 5.97 Å². The molecule has 2 N–H and O–H groups in total. The predicted octanol–water partition coefficient (Wildman–Crippen LogP) is 4.06. The van der Waals surface area contributed by atoms with Crippen LogP contribution in [-0.2, 0) is 6.54 Å². The molecule has 6 nitrogen and oxygen atoms in total. The molecule has 138 valence electrons. The van der Waals surface area contributed by atoms with E-state index in [1.54, 1.807) is 12.1 Å². The van der Waals surface area contributed by atoms with E-state index >= 15 is 0 Å². The lowest BCUT2D eigenvalue weighted by molar-refractivity contribution is 0.0696. The van der Waals surface area contributed by atoms with Crippen LogP contribution in [0.2, 0.25) is 5.15 Å². The van der Waals surface area contributed by atoms with Crippen LogP contribution >= 0.6 is 22.9 Å². The van der Waals surface area contributed by atoms with Gasteiger partial charge in [0.25, 0.3) is 0 Å². The summed E-state index contributed by atoms with van der Waals surface area (Å²) in [6, 6.07) is 14.1. The van der Waals surface area contributed by atoms with Crippen molar-refractivity contribution in [1.82, 2.24) is 4.57 Å². The maximum Gasteiger partial charge on any atom is 0.335 e. The summed E-state index contributed by atoms with van der Waals surface area (Å²) in [6.07, 6.45) is 1.50. The highest BCUT2D eigenvalue weighted by atomic mass is 35.5. The van der Waals surface area contributed by atoms with Crippen molar-refractivity contribution in [2.24, 2.45) is 5.10 Å². The Morgan fingerprint density at radius 3 is 2.74 bits per heavy atom. The number of nitrogens with zero attached hydrogens (tertiary/aromatic N) is 2. The van der Waals surface area contributed by atoms with Gasteiger partial charge in [0, 0.05) is 0 Å². The van der Waals surface area contributed by atoms with Crippen LogP contribution in [0.3, 0.4) is 0 Å². The van der Waals surface area contributed by atoms with E-state index in [1.165, 1.54) is 22.9 Å². The highest BCUT2D eigenvalue weighted by Crippen LogP contribution is 2.19. The molecule has 0 saturated heterocycles. The molecule has 0 aliphatic carbocycles. The fourth-order valence-electron chi connectivity index (χ4n) is 2.40. The first kappa shape index (κ1) is 18.9. The third kappa shape index (κ3) is 4.64. The summed E-state index contributed by atoms with van der Waals surface area (Å²) in [6.45, 7) is 2.19. The van der Waals surface area contributed by atoms with Gasteiger partial charge in [0.2, 0.25) is 0 Å². The number of aromatic carboxylic acids is 1. The number of benzene rings is 2. The highest BCUT2D eigenvalue weighted by molar-refractivity contribution is 7.11. The summed E-state index contributed by atoms with van der Waals surface area (Å²) >= 11 is 7.30. The molecule has 3 aromatic rings. The van der Waals surface area contributed by atoms with Gasteiger partial charge in [0.15, 0.2) is 0 Å². The average Bonchev–Trinajstić information content (AvgIpc) is 2.91. The summed E-state index contributed by atoms with van der Waals surface area (Å²) in [5.41, 5.74) is 5.70. The number of nitrogens with one attached hydrogen (secondary N) is 1. The number of anilines is 1. The molecule has 0 spiro atoms. The van der Waals surface area contributed by atoms with E-state index in [2.05, 4.69) is 10.5 Å². The topological polar surface area (TPSA) is 83.7 Å². The van der Waals surface area contributed by atoms with E-state index in [0.29, 0.717) is 10.4 Å². The summed E-state index contributed by atoms with van der Waals surface area (Å²) in [5.74, 6) is -1.02. The Morgan fingerprint density at radius 2 is 2.04 bits per heavy atom. The summed E-state index contributed by atoms with van der Waals surface area (Å²) in [7, 11) is 0. The fourth-order valence-corrected chi connectivity index (χ4v) is 3.50. The molecule has 1 aromatic heterocycles. The minimum Gasteiger partial charge on any atom is -0.478 e. The smallest absolute Gasteiger partial charge is 0.335 e. The molecule has 0 amide bonds. The molecule has 0 aliphatic rings. The van der Waals surface area contributed by atoms with Crippen LogP contribution in [-0.4, -0.2) is 21.9 Å². The Balaban J connectivity index is 1.77. The molecule has 27 heavy (non-hydrogen) atoms. The molecular formula is C19H16ClN3O3S. The minimum atomic E-state index is -1.02. The maximum absolute atomic E-state index is 12.3. The van der Waals surface area contributed by atoms with Crippen molar-refractivity contribution in [2.45, 2.75) is 13.5 Å². The maximum atomic E-state index is 12.3. The molecular weight excluding hydrogens is 386 g/mol. The Kier molecular flexibility index (Phi) is 5.73. The Morgan fingerprint density at radius 1 is 1.30 bits per heavy atom. The molecule has 0 aliphatic heterocycles. The molecule has 0 bridgehead atoms. The first-order chi connectivity index (χ1) is 12.9. The normalized spacial score (nSPS) is 11.0. The molecule has 0 unspecified atom stereocenters. The number of carboxylic acid groups (broad SMARTS) is 1. The zero-order valence-corrected chi connectivity index (χ0v) is 15.9. The van der Waals surface area contributed by atoms with Crippen LogP contribution in [0.25, 0.3) is 0 Å². The quantitative estimate of drug-likeness (QED) is 0.482. The van der Waals surface area contributed by atoms with Crippen molar-refractivity contribution in [3.05, 3.63) is 84.9 Å². The largest absolute Gasteiger partial charge is 0.478 e. The van der Waals surface area contributed by atoms with E-state index in [1.807, 2.05) is 31.2 Å². The van der Waals surface area contributed by atoms with Gasteiger partial charge in [-0.1, -0.05) is 52.8 Å². The summed E-state index contributed by atoms with van der Waals surface area (Å²) in [5, 5.41) is 13.5. The second-order valence-corrected chi connectivity index (χ2v) is 7.20. The lowest BCUT2D eigenvalue weighted by atomic mass is 10.1. The highest BCUT2D eigenvalue weighted by Gasteiger charge is 2.13. The van der Waals surface area contributed by atoms with Crippen molar-refractivity contribution in [3.63, 3.8) is 0 Å². The minimum absolute atomic E-state index is 0.163. The van der Waals surface area contributed by atoms with Crippen molar-refractivity contribution in [2.75, 3.05) is 5.43 Å². The number of aromatic nitrogens is 1. The number of halogens is 1. The monoisotopic (exact) mass is 401 g/mol. The molecule has 0 saturated carbocycles. The third-order valence-corrected chi connectivity index (χ3v) is 5.23. The standard InChI is InChI=1S/C19H16ClN3O3S/c1-12-5-7-15(8-6-12)22-21-10-16-17(20)23(19(26)27-16)11-13-3-2-4-14(9-13)18(24)25/h2-10,22H,11H2,1H3,(H,24,25)/b21-10+. The van der Waals surface area contributed by atoms with Crippen LogP contribution < -0.4 is 10.3 Å². The van der Waals surface area contributed by atoms with Crippen LogP contribution in [0.5, 0.6) is 0 Å². The van der Waals surface area contributed by atoms with Crippen molar-refractivity contribution in [3.8, 4) is 0 Å². The molecule has 3 rings (SSSR count). The Labute approximate surface area is 164 Å². The number of carboxylic acids is 1. The molecule has 0 fully saturated rings. The second-order valence-electron chi connectivity index (χ2n) is 5.85. The SMILES string of the molecule is Cc1ccc(N/N=C/c2sc(=O)n(Cc3cccc(C(=O)O)c3)c2Cl)cc1. The van der Waals surface area contributed by atoms with E-state index in [-0.39, 0.29) is 22.1 Å². The van der Waals surface area contributed by atoms with Crippen LogP contribution in [0.1, 0.15) is 26.4 Å². The van der Waals surface area contributed by atoms with E-state index in [9.17, 15) is 9.59 Å². The number of hydrazone groups is 1. The number of hydrogen-bond donors (Lipinski definition) is 2.